The fourth-order valence-corrected chi connectivity index (χ4v) is 5.28. The van der Waals surface area contributed by atoms with Gasteiger partial charge in [0.2, 0.25) is 5.95 Å². The molecule has 0 radical (unpaired) electrons. The van der Waals surface area contributed by atoms with Crippen LogP contribution in [0.5, 0.6) is 0 Å². The van der Waals surface area contributed by atoms with Crippen LogP contribution in [0.3, 0.4) is 0 Å². The van der Waals surface area contributed by atoms with E-state index in [1.165, 1.54) is 53.9 Å². The Labute approximate surface area is 238 Å². The first-order valence-corrected chi connectivity index (χ1v) is 14.0. The van der Waals surface area contributed by atoms with Crippen molar-refractivity contribution in [3.8, 4) is 0 Å². The van der Waals surface area contributed by atoms with Gasteiger partial charge in [0.25, 0.3) is 15.9 Å². The predicted molar refractivity (Wildman–Crippen MR) is 155 cm³/mol. The SMILES string of the molecule is O=C1/C(=C/c2coc3ccccc3c2=O)N=C(c2ccc(Cl)cc2)N1c1ccc(S(=O)(=O)Nc2ncccn2)cc1. The maximum absolute atomic E-state index is 13.7. The number of para-hydroxylation sites is 1. The van der Waals surface area contributed by atoms with Crippen molar-refractivity contribution >= 4 is 62.0 Å². The first-order valence-electron chi connectivity index (χ1n) is 12.1. The topological polar surface area (TPSA) is 135 Å². The van der Waals surface area contributed by atoms with E-state index in [1.807, 2.05) is 0 Å². The van der Waals surface area contributed by atoms with Gasteiger partial charge >= 0.3 is 0 Å². The van der Waals surface area contributed by atoms with Gasteiger partial charge in [0.05, 0.1) is 21.5 Å². The lowest BCUT2D eigenvalue weighted by atomic mass is 10.1. The molecule has 0 saturated heterocycles. The van der Waals surface area contributed by atoms with Gasteiger partial charge in [-0.25, -0.2) is 28.1 Å². The molecule has 0 spiro atoms. The van der Waals surface area contributed by atoms with Gasteiger partial charge in [0.15, 0.2) is 5.43 Å². The number of nitrogens with zero attached hydrogens (tertiary/aromatic N) is 4. The summed E-state index contributed by atoms with van der Waals surface area (Å²) in [5.41, 5.74) is 1.20. The average Bonchev–Trinajstić information content (AvgIpc) is 3.31. The van der Waals surface area contributed by atoms with Gasteiger partial charge in [0.1, 0.15) is 23.4 Å². The lowest BCUT2D eigenvalue weighted by Crippen LogP contribution is -2.32. The van der Waals surface area contributed by atoms with Crippen LogP contribution in [0.25, 0.3) is 17.0 Å². The molecule has 3 aromatic carbocycles. The monoisotopic (exact) mass is 583 g/mol. The number of fused-ring (bicyclic) bond motifs is 1. The highest BCUT2D eigenvalue weighted by molar-refractivity contribution is 7.92. The van der Waals surface area contributed by atoms with Crippen molar-refractivity contribution in [2.24, 2.45) is 4.99 Å². The summed E-state index contributed by atoms with van der Waals surface area (Å²) in [4.78, 5) is 40.3. The Hall–Kier alpha value is -5.13. The number of carbonyl (C=O) groups excluding carboxylic acids is 1. The van der Waals surface area contributed by atoms with Crippen LogP contribution in [-0.4, -0.2) is 30.1 Å². The van der Waals surface area contributed by atoms with Crippen LogP contribution in [0.4, 0.5) is 11.6 Å². The number of hydrogen-bond donors (Lipinski definition) is 1. The van der Waals surface area contributed by atoms with Crippen molar-refractivity contribution in [1.29, 1.82) is 0 Å². The van der Waals surface area contributed by atoms with Crippen molar-refractivity contribution in [1.82, 2.24) is 9.97 Å². The highest BCUT2D eigenvalue weighted by Gasteiger charge is 2.33. The minimum Gasteiger partial charge on any atom is -0.463 e. The summed E-state index contributed by atoms with van der Waals surface area (Å²) in [6.45, 7) is 0. The second kappa shape index (κ2) is 10.5. The van der Waals surface area contributed by atoms with Gasteiger partial charge in [-0.2, -0.15) is 0 Å². The molecule has 0 unspecified atom stereocenters. The Kier molecular flexibility index (Phi) is 6.66. The second-order valence-electron chi connectivity index (χ2n) is 8.80. The largest absolute Gasteiger partial charge is 0.463 e. The number of rotatable bonds is 6. The van der Waals surface area contributed by atoms with Crippen molar-refractivity contribution < 1.29 is 17.6 Å². The normalized spacial score (nSPS) is 14.5. The van der Waals surface area contributed by atoms with Crippen LogP contribution >= 0.6 is 11.6 Å². The minimum atomic E-state index is -3.99. The van der Waals surface area contributed by atoms with E-state index >= 15 is 0 Å². The smallest absolute Gasteiger partial charge is 0.282 e. The van der Waals surface area contributed by atoms with E-state index in [9.17, 15) is 18.0 Å². The van der Waals surface area contributed by atoms with Crippen LogP contribution in [0.2, 0.25) is 5.02 Å². The number of benzene rings is 3. The van der Waals surface area contributed by atoms with E-state index in [0.717, 1.165) is 0 Å². The average molecular weight is 584 g/mol. The molecule has 1 N–H and O–H groups in total. The van der Waals surface area contributed by atoms with E-state index in [0.29, 0.717) is 27.2 Å². The van der Waals surface area contributed by atoms with Crippen molar-refractivity contribution in [3.05, 3.63) is 130 Å². The summed E-state index contributed by atoms with van der Waals surface area (Å²) in [6.07, 6.45) is 5.49. The van der Waals surface area contributed by atoms with E-state index in [2.05, 4.69) is 19.7 Å². The number of aromatic nitrogens is 2. The number of nitrogens with one attached hydrogen (secondary N) is 1. The number of anilines is 2. The van der Waals surface area contributed by atoms with E-state index in [1.54, 1.807) is 54.6 Å². The molecule has 3 heterocycles. The molecule has 0 fully saturated rings. The highest BCUT2D eigenvalue weighted by atomic mass is 35.5. The molecule has 1 aliphatic heterocycles. The first kappa shape index (κ1) is 26.1. The summed E-state index contributed by atoms with van der Waals surface area (Å²) in [5.74, 6) is -0.320. The molecule has 0 atom stereocenters. The number of halogens is 1. The number of carbonyl (C=O) groups is 1. The summed E-state index contributed by atoms with van der Waals surface area (Å²) in [6, 6.07) is 20.8. The standard InChI is InChI=1S/C29H18ClN5O5S/c30-20-8-6-18(7-9-20)27-33-24(16-19-17-40-25-5-2-1-4-23(25)26(19)36)28(37)35(27)21-10-12-22(13-11-21)41(38,39)34-29-31-14-3-15-32-29/h1-17H,(H,31,32,34)/b24-16-. The third-order valence-corrected chi connectivity index (χ3v) is 7.75. The zero-order valence-corrected chi connectivity index (χ0v) is 22.5. The lowest BCUT2D eigenvalue weighted by molar-refractivity contribution is -0.113. The first-order chi connectivity index (χ1) is 19.8. The molecule has 0 saturated carbocycles. The Balaban J connectivity index is 1.39. The molecule has 1 amide bonds. The molecule has 6 rings (SSSR count). The van der Waals surface area contributed by atoms with Crippen LogP contribution in [0.15, 0.2) is 122 Å². The molecule has 5 aromatic rings. The summed E-state index contributed by atoms with van der Waals surface area (Å²) < 4.78 is 33.6. The zero-order valence-electron chi connectivity index (χ0n) is 20.9. The minimum absolute atomic E-state index is 0.00266. The molecule has 1 aliphatic rings. The third-order valence-electron chi connectivity index (χ3n) is 6.16. The van der Waals surface area contributed by atoms with E-state index in [-0.39, 0.29) is 33.4 Å². The molecule has 202 valence electrons. The number of amidine groups is 1. The van der Waals surface area contributed by atoms with Crippen molar-refractivity contribution in [2.75, 3.05) is 9.62 Å². The van der Waals surface area contributed by atoms with E-state index in [4.69, 9.17) is 16.0 Å². The molecular formula is C29H18ClN5O5S. The van der Waals surface area contributed by atoms with Crippen LogP contribution in [0.1, 0.15) is 11.1 Å². The third kappa shape index (κ3) is 5.11. The summed E-state index contributed by atoms with van der Waals surface area (Å²) >= 11 is 6.07. The van der Waals surface area contributed by atoms with Crippen LogP contribution in [-0.2, 0) is 14.8 Å². The Bertz CT molecular complexity index is 2030. The number of aliphatic imine (C=N–C) groups is 1. The Morgan fingerprint density at radius 2 is 1.59 bits per heavy atom. The molecule has 0 aliphatic carbocycles. The number of hydrogen-bond acceptors (Lipinski definition) is 8. The Morgan fingerprint density at radius 1 is 0.878 bits per heavy atom. The number of sulfonamides is 1. The van der Waals surface area contributed by atoms with Gasteiger partial charge in [0, 0.05) is 23.0 Å². The zero-order chi connectivity index (χ0) is 28.6. The van der Waals surface area contributed by atoms with Gasteiger partial charge in [-0.15, -0.1) is 0 Å². The second-order valence-corrected chi connectivity index (χ2v) is 10.9. The fourth-order valence-electron chi connectivity index (χ4n) is 4.19. The van der Waals surface area contributed by atoms with Gasteiger partial charge in [-0.1, -0.05) is 23.7 Å². The van der Waals surface area contributed by atoms with Crippen LogP contribution < -0.4 is 15.1 Å². The molecule has 41 heavy (non-hydrogen) atoms. The predicted octanol–water partition coefficient (Wildman–Crippen LogP) is 4.87. The van der Waals surface area contributed by atoms with Crippen LogP contribution in [0, 0.1) is 0 Å². The van der Waals surface area contributed by atoms with Crippen molar-refractivity contribution in [2.45, 2.75) is 4.90 Å². The molecule has 10 nitrogen and oxygen atoms in total. The molecular weight excluding hydrogens is 566 g/mol. The fraction of sp³-hybridized carbons (Fsp3) is 0. The van der Waals surface area contributed by atoms with Crippen molar-refractivity contribution in [3.63, 3.8) is 0 Å². The lowest BCUT2D eigenvalue weighted by Gasteiger charge is -2.19. The Morgan fingerprint density at radius 3 is 2.32 bits per heavy atom. The molecule has 2 aromatic heterocycles. The maximum Gasteiger partial charge on any atom is 0.282 e. The molecule has 12 heteroatoms. The molecule has 0 bridgehead atoms. The quantitative estimate of drug-likeness (QED) is 0.282. The van der Waals surface area contributed by atoms with Gasteiger partial charge < -0.3 is 4.42 Å². The van der Waals surface area contributed by atoms with E-state index < -0.39 is 15.9 Å². The van der Waals surface area contributed by atoms with Gasteiger partial charge in [-0.05, 0) is 72.8 Å². The summed E-state index contributed by atoms with van der Waals surface area (Å²) in [5, 5.41) is 0.872. The highest BCUT2D eigenvalue weighted by Crippen LogP contribution is 2.29. The maximum atomic E-state index is 13.7. The summed E-state index contributed by atoms with van der Waals surface area (Å²) in [7, 11) is -3.99. The number of amides is 1. The van der Waals surface area contributed by atoms with Gasteiger partial charge in [-0.3, -0.25) is 14.5 Å².